The molecule has 3 aromatic rings. The minimum absolute atomic E-state index is 0.105. The van der Waals surface area contributed by atoms with Crippen molar-refractivity contribution < 1.29 is 18.3 Å². The van der Waals surface area contributed by atoms with Gasteiger partial charge in [0.15, 0.2) is 0 Å². The first-order valence-corrected chi connectivity index (χ1v) is 12.7. The van der Waals surface area contributed by atoms with Crippen LogP contribution in [0.1, 0.15) is 16.1 Å². The first-order chi connectivity index (χ1) is 15.3. The number of primary amides is 1. The molecule has 0 atom stereocenters. The quantitative estimate of drug-likeness (QED) is 0.555. The minimum atomic E-state index is -3.23. The number of sulfonamides is 1. The van der Waals surface area contributed by atoms with Crippen molar-refractivity contribution >= 4 is 33.0 Å². The fourth-order valence-corrected chi connectivity index (χ4v) is 5.36. The molecule has 9 nitrogen and oxygen atoms in total. The number of nitrogens with two attached hydrogens (primary N) is 1. The largest absolute Gasteiger partial charge is 0.392 e. The van der Waals surface area contributed by atoms with Gasteiger partial charge >= 0.3 is 0 Å². The average molecular weight is 474 g/mol. The van der Waals surface area contributed by atoms with Crippen molar-refractivity contribution in [2.75, 3.05) is 37.3 Å². The zero-order valence-corrected chi connectivity index (χ0v) is 19.1. The number of aliphatic hydroxyl groups excluding tert-OH is 1. The molecule has 0 bridgehead atoms. The lowest BCUT2D eigenvalue weighted by Gasteiger charge is -2.34. The van der Waals surface area contributed by atoms with Gasteiger partial charge in [-0.1, -0.05) is 24.3 Å². The number of rotatable bonds is 6. The highest BCUT2D eigenvalue weighted by molar-refractivity contribution is 7.88. The number of carbonyl (C=O) groups excluding carboxylic acids is 1. The van der Waals surface area contributed by atoms with Crippen molar-refractivity contribution in [1.82, 2.24) is 14.3 Å². The van der Waals surface area contributed by atoms with Crippen molar-refractivity contribution in [2.24, 2.45) is 5.73 Å². The molecule has 0 spiro atoms. The molecular weight excluding hydrogens is 450 g/mol. The lowest BCUT2D eigenvalue weighted by Crippen LogP contribution is -2.48. The number of hydrogen-bond acceptors (Lipinski definition) is 8. The summed E-state index contributed by atoms with van der Waals surface area (Å²) in [5.41, 5.74) is 9.26. The summed E-state index contributed by atoms with van der Waals surface area (Å²) in [6.45, 7) is 1.68. The SMILES string of the molecule is CS(=O)(=O)N1CCN(c2cnc(C(N)=O)c(-c3nc(-c4ccccc4CO)cs3)c2)CC1. The molecule has 1 aliphatic rings. The van der Waals surface area contributed by atoms with Crippen LogP contribution >= 0.6 is 11.3 Å². The maximum absolute atomic E-state index is 12.0. The van der Waals surface area contributed by atoms with Crippen LogP contribution in [0.15, 0.2) is 41.9 Å². The van der Waals surface area contributed by atoms with Crippen LogP contribution in [0.4, 0.5) is 5.69 Å². The Bertz CT molecular complexity index is 1250. The van der Waals surface area contributed by atoms with Crippen molar-refractivity contribution in [3.8, 4) is 21.8 Å². The summed E-state index contributed by atoms with van der Waals surface area (Å²) in [7, 11) is -3.23. The number of anilines is 1. The molecule has 3 N–H and O–H groups in total. The van der Waals surface area contributed by atoms with Crippen LogP contribution in [0.3, 0.4) is 0 Å². The third kappa shape index (κ3) is 4.51. The molecule has 1 saturated heterocycles. The third-order valence-electron chi connectivity index (χ3n) is 5.38. The van der Waals surface area contributed by atoms with Crippen LogP contribution in [0.25, 0.3) is 21.8 Å². The van der Waals surface area contributed by atoms with Crippen LogP contribution in [0.2, 0.25) is 0 Å². The molecule has 3 heterocycles. The summed E-state index contributed by atoms with van der Waals surface area (Å²) in [6, 6.07) is 9.27. The second-order valence-corrected chi connectivity index (χ2v) is 10.3. The second-order valence-electron chi connectivity index (χ2n) is 7.46. The summed E-state index contributed by atoms with van der Waals surface area (Å²) in [4.78, 5) is 23.0. The first kappa shape index (κ1) is 22.3. The van der Waals surface area contributed by atoms with Gasteiger partial charge in [-0.15, -0.1) is 11.3 Å². The van der Waals surface area contributed by atoms with Gasteiger partial charge in [0, 0.05) is 42.7 Å². The fraction of sp³-hybridized carbons (Fsp3) is 0.286. The predicted molar refractivity (Wildman–Crippen MR) is 124 cm³/mol. The molecule has 4 rings (SSSR count). The summed E-state index contributed by atoms with van der Waals surface area (Å²) in [6.07, 6.45) is 2.79. The Hall–Kier alpha value is -2.86. The Morgan fingerprint density at radius 2 is 1.91 bits per heavy atom. The van der Waals surface area contributed by atoms with Crippen molar-refractivity contribution in [1.29, 1.82) is 0 Å². The summed E-state index contributed by atoms with van der Waals surface area (Å²) >= 11 is 1.36. The number of thiazole rings is 1. The molecule has 1 fully saturated rings. The maximum atomic E-state index is 12.0. The van der Waals surface area contributed by atoms with Gasteiger partial charge in [-0.2, -0.15) is 4.31 Å². The number of carbonyl (C=O) groups is 1. The molecule has 0 saturated carbocycles. The molecular formula is C21H23N5O4S2. The van der Waals surface area contributed by atoms with E-state index >= 15 is 0 Å². The topological polar surface area (TPSA) is 130 Å². The Balaban J connectivity index is 1.67. The van der Waals surface area contributed by atoms with Gasteiger partial charge in [0.1, 0.15) is 10.7 Å². The number of hydrogen-bond donors (Lipinski definition) is 2. The van der Waals surface area contributed by atoms with Gasteiger partial charge < -0.3 is 15.7 Å². The molecule has 168 valence electrons. The van der Waals surface area contributed by atoms with E-state index in [0.29, 0.717) is 42.4 Å². The highest BCUT2D eigenvalue weighted by atomic mass is 32.2. The van der Waals surface area contributed by atoms with Crippen molar-refractivity contribution in [3.05, 3.63) is 53.2 Å². The van der Waals surface area contributed by atoms with Crippen LogP contribution in [0.5, 0.6) is 0 Å². The second kappa shape index (κ2) is 8.94. The van der Waals surface area contributed by atoms with E-state index in [9.17, 15) is 18.3 Å². The highest BCUT2D eigenvalue weighted by Gasteiger charge is 2.25. The molecule has 1 aliphatic heterocycles. The van der Waals surface area contributed by atoms with E-state index in [-0.39, 0.29) is 12.3 Å². The Morgan fingerprint density at radius 1 is 1.19 bits per heavy atom. The highest BCUT2D eigenvalue weighted by Crippen LogP contribution is 2.34. The maximum Gasteiger partial charge on any atom is 0.268 e. The zero-order chi connectivity index (χ0) is 22.9. The molecule has 0 unspecified atom stereocenters. The summed E-state index contributed by atoms with van der Waals surface area (Å²) in [5.74, 6) is -0.652. The Kier molecular flexibility index (Phi) is 6.24. The summed E-state index contributed by atoms with van der Waals surface area (Å²) < 4.78 is 25.0. The lowest BCUT2D eigenvalue weighted by molar-refractivity contribution is 0.0996. The van der Waals surface area contributed by atoms with Crippen LogP contribution in [-0.4, -0.2) is 66.1 Å². The van der Waals surface area contributed by atoms with Gasteiger partial charge in [0.25, 0.3) is 5.91 Å². The first-order valence-electron chi connectivity index (χ1n) is 9.93. The Morgan fingerprint density at radius 3 is 2.56 bits per heavy atom. The minimum Gasteiger partial charge on any atom is -0.392 e. The average Bonchev–Trinajstić information content (AvgIpc) is 3.28. The van der Waals surface area contributed by atoms with Gasteiger partial charge in [-0.05, 0) is 11.6 Å². The van der Waals surface area contributed by atoms with E-state index in [1.165, 1.54) is 21.9 Å². The van der Waals surface area contributed by atoms with E-state index < -0.39 is 15.9 Å². The molecule has 1 aromatic carbocycles. The number of benzene rings is 1. The van der Waals surface area contributed by atoms with E-state index in [0.717, 1.165) is 16.8 Å². The number of pyridine rings is 1. The molecule has 0 radical (unpaired) electrons. The van der Waals surface area contributed by atoms with E-state index in [1.54, 1.807) is 6.20 Å². The molecule has 11 heteroatoms. The van der Waals surface area contributed by atoms with Gasteiger partial charge in [-0.25, -0.2) is 18.4 Å². The number of nitrogens with zero attached hydrogens (tertiary/aromatic N) is 4. The van der Waals surface area contributed by atoms with Gasteiger partial charge in [0.05, 0.1) is 30.4 Å². The third-order valence-corrected chi connectivity index (χ3v) is 7.56. The number of piperazine rings is 1. The van der Waals surface area contributed by atoms with E-state index in [4.69, 9.17) is 5.73 Å². The smallest absolute Gasteiger partial charge is 0.268 e. The van der Waals surface area contributed by atoms with Gasteiger partial charge in [-0.3, -0.25) is 4.79 Å². The standard InChI is InChI=1S/C21H23N5O4S2/c1-32(29,30)26-8-6-25(7-9-26)15-10-17(19(20(22)28)23-11-15)21-24-18(13-31-21)16-5-3-2-4-14(16)12-27/h2-5,10-11,13,27H,6-9,12H2,1H3,(H2,22,28). The fourth-order valence-electron chi connectivity index (χ4n) is 3.69. The monoisotopic (exact) mass is 473 g/mol. The Labute approximate surface area is 190 Å². The molecule has 1 amide bonds. The van der Waals surface area contributed by atoms with Crippen LogP contribution in [-0.2, 0) is 16.6 Å². The number of aliphatic hydroxyl groups is 1. The molecule has 0 aliphatic carbocycles. The van der Waals surface area contributed by atoms with E-state index in [1.807, 2.05) is 40.6 Å². The van der Waals surface area contributed by atoms with Crippen molar-refractivity contribution in [3.63, 3.8) is 0 Å². The van der Waals surface area contributed by atoms with Crippen LogP contribution in [0, 0.1) is 0 Å². The molecule has 2 aromatic heterocycles. The summed E-state index contributed by atoms with van der Waals surface area (Å²) in [5, 5.41) is 12.1. The number of amides is 1. The van der Waals surface area contributed by atoms with Gasteiger partial charge in [0.2, 0.25) is 10.0 Å². The molecule has 32 heavy (non-hydrogen) atoms. The number of aromatic nitrogens is 2. The van der Waals surface area contributed by atoms with Crippen molar-refractivity contribution in [2.45, 2.75) is 6.61 Å². The normalized spacial score (nSPS) is 15.1. The van der Waals surface area contributed by atoms with E-state index in [2.05, 4.69) is 9.97 Å². The zero-order valence-electron chi connectivity index (χ0n) is 17.4. The predicted octanol–water partition coefficient (Wildman–Crippen LogP) is 1.54. The lowest BCUT2D eigenvalue weighted by atomic mass is 10.1. The van der Waals surface area contributed by atoms with Crippen LogP contribution < -0.4 is 10.6 Å².